The predicted octanol–water partition coefficient (Wildman–Crippen LogP) is 0.124. The Morgan fingerprint density at radius 1 is 1.19 bits per heavy atom. The summed E-state index contributed by atoms with van der Waals surface area (Å²) >= 11 is 17.7. The quantitative estimate of drug-likeness (QED) is 0.741. The van der Waals surface area contributed by atoms with Gasteiger partial charge in [0, 0.05) is 5.02 Å². The molecular weight excluding hydrogens is 358 g/mol. The van der Waals surface area contributed by atoms with E-state index >= 15 is 0 Å². The first-order valence-corrected chi connectivity index (χ1v) is 7.53. The normalized spacial score (nSPS) is 10.2. The molecule has 0 aromatic heterocycles. The Bertz CT molecular complexity index is 444. The lowest BCUT2D eigenvalue weighted by molar-refractivity contribution is -0.896. The van der Waals surface area contributed by atoms with Gasteiger partial charge in [-0.15, -0.1) is 0 Å². The van der Waals surface area contributed by atoms with E-state index in [1.165, 1.54) is 17.0 Å². The van der Waals surface area contributed by atoms with E-state index in [1.54, 1.807) is 0 Å². The Morgan fingerprint density at radius 2 is 1.71 bits per heavy atom. The van der Waals surface area contributed by atoms with Gasteiger partial charge in [-0.1, -0.05) is 34.8 Å². The molecule has 8 heteroatoms. The summed E-state index contributed by atoms with van der Waals surface area (Å²) in [6.45, 7) is 7.28. The molecule has 1 amide bonds. The molecule has 1 aromatic carbocycles. The van der Waals surface area contributed by atoms with Gasteiger partial charge >= 0.3 is 6.09 Å². The van der Waals surface area contributed by atoms with Crippen molar-refractivity contribution in [2.24, 2.45) is 0 Å². The van der Waals surface area contributed by atoms with E-state index in [0.717, 1.165) is 19.6 Å². The maximum atomic E-state index is 11.7. The van der Waals surface area contributed by atoms with Gasteiger partial charge in [-0.3, -0.25) is 5.32 Å². The van der Waals surface area contributed by atoms with Crippen LogP contribution in [0.4, 0.5) is 10.5 Å². The monoisotopic (exact) mass is 374 g/mol. The molecule has 0 heterocycles. The zero-order valence-corrected chi connectivity index (χ0v) is 14.8. The van der Waals surface area contributed by atoms with Crippen molar-refractivity contribution in [2.75, 3.05) is 31.6 Å². The Labute approximate surface area is 146 Å². The molecule has 0 spiro atoms. The third-order valence-corrected chi connectivity index (χ3v) is 3.74. The van der Waals surface area contributed by atoms with Crippen LogP contribution in [0, 0.1) is 0 Å². The lowest BCUT2D eigenvalue weighted by atomic mass is 10.3. The van der Waals surface area contributed by atoms with Gasteiger partial charge in [0.1, 0.15) is 13.2 Å². The van der Waals surface area contributed by atoms with Crippen LogP contribution in [0.5, 0.6) is 0 Å². The molecule has 21 heavy (non-hydrogen) atoms. The minimum absolute atomic E-state index is 0. The molecule has 4 nitrogen and oxygen atoms in total. The number of benzene rings is 1. The van der Waals surface area contributed by atoms with Gasteiger partial charge in [0.2, 0.25) is 0 Å². The van der Waals surface area contributed by atoms with Crippen LogP contribution in [0.2, 0.25) is 15.1 Å². The van der Waals surface area contributed by atoms with Crippen molar-refractivity contribution in [3.63, 3.8) is 0 Å². The minimum Gasteiger partial charge on any atom is -1.00 e. The molecule has 1 rings (SSSR count). The van der Waals surface area contributed by atoms with Gasteiger partial charge in [-0.2, -0.15) is 0 Å². The van der Waals surface area contributed by atoms with Crippen LogP contribution < -0.4 is 22.6 Å². The fraction of sp³-hybridized carbons (Fsp3) is 0.462. The summed E-state index contributed by atoms with van der Waals surface area (Å²) in [5.74, 6) is 0. The molecule has 0 bridgehead atoms. The van der Waals surface area contributed by atoms with Crippen LogP contribution in [-0.4, -0.2) is 32.3 Å². The maximum Gasteiger partial charge on any atom is 0.411 e. The number of likely N-dealkylation sites (N-methyl/N-ethyl adjacent to an activating group) is 1. The van der Waals surface area contributed by atoms with Crippen molar-refractivity contribution in [3.05, 3.63) is 27.2 Å². The second-order valence-corrected chi connectivity index (χ2v) is 5.46. The Kier molecular flexibility index (Phi) is 10.2. The van der Waals surface area contributed by atoms with E-state index in [2.05, 4.69) is 19.2 Å². The van der Waals surface area contributed by atoms with Crippen LogP contribution in [0.1, 0.15) is 13.8 Å². The number of nitrogens with one attached hydrogen (secondary N) is 2. The summed E-state index contributed by atoms with van der Waals surface area (Å²) in [4.78, 5) is 13.0. The molecular formula is C13H18Cl4N2O2. The molecule has 2 N–H and O–H groups in total. The van der Waals surface area contributed by atoms with E-state index < -0.39 is 6.09 Å². The molecule has 0 saturated carbocycles. The largest absolute Gasteiger partial charge is 1.00 e. The fourth-order valence-corrected chi connectivity index (χ4v) is 2.60. The minimum atomic E-state index is -0.581. The van der Waals surface area contributed by atoms with Crippen LogP contribution in [0.25, 0.3) is 0 Å². The molecule has 0 saturated heterocycles. The second-order valence-electron chi connectivity index (χ2n) is 4.21. The third kappa shape index (κ3) is 6.94. The number of carbonyl (C=O) groups excluding carboxylic acids is 1. The zero-order chi connectivity index (χ0) is 15.1. The molecule has 1 aromatic rings. The van der Waals surface area contributed by atoms with Gasteiger partial charge in [0.25, 0.3) is 0 Å². The van der Waals surface area contributed by atoms with Crippen molar-refractivity contribution >= 4 is 46.6 Å². The number of halogens is 4. The van der Waals surface area contributed by atoms with Crippen LogP contribution in [-0.2, 0) is 4.74 Å². The van der Waals surface area contributed by atoms with Gasteiger partial charge < -0.3 is 22.0 Å². The Balaban J connectivity index is 0.00000400. The van der Waals surface area contributed by atoms with Gasteiger partial charge in [0.15, 0.2) is 0 Å². The zero-order valence-electron chi connectivity index (χ0n) is 11.8. The summed E-state index contributed by atoms with van der Waals surface area (Å²) in [6.07, 6.45) is -0.581. The Hall–Kier alpha value is -0.390. The lowest BCUT2D eigenvalue weighted by Gasteiger charge is -2.15. The van der Waals surface area contributed by atoms with Gasteiger partial charge in [-0.25, -0.2) is 4.79 Å². The lowest BCUT2D eigenvalue weighted by Crippen LogP contribution is -3.11. The highest BCUT2D eigenvalue weighted by Gasteiger charge is 2.12. The second kappa shape index (κ2) is 10.4. The molecule has 0 unspecified atom stereocenters. The molecule has 0 aliphatic heterocycles. The molecule has 0 aliphatic rings. The topological polar surface area (TPSA) is 42.8 Å². The van der Waals surface area contributed by atoms with Crippen molar-refractivity contribution in [3.8, 4) is 0 Å². The highest BCUT2D eigenvalue weighted by molar-refractivity contribution is 6.42. The third-order valence-electron chi connectivity index (χ3n) is 2.92. The van der Waals surface area contributed by atoms with Gasteiger partial charge in [-0.05, 0) is 26.0 Å². The average molecular weight is 376 g/mol. The van der Waals surface area contributed by atoms with E-state index in [-0.39, 0.29) is 22.5 Å². The smallest absolute Gasteiger partial charge is 0.411 e. The van der Waals surface area contributed by atoms with Crippen molar-refractivity contribution in [2.45, 2.75) is 13.8 Å². The summed E-state index contributed by atoms with van der Waals surface area (Å²) in [6, 6.07) is 3.01. The number of rotatable bonds is 6. The van der Waals surface area contributed by atoms with Crippen molar-refractivity contribution in [1.29, 1.82) is 0 Å². The highest BCUT2D eigenvalue weighted by atomic mass is 35.5. The molecule has 0 aliphatic carbocycles. The fourth-order valence-electron chi connectivity index (χ4n) is 1.69. The number of amides is 1. The molecule has 0 atom stereocenters. The number of ether oxygens (including phenoxy) is 1. The maximum absolute atomic E-state index is 11.7. The van der Waals surface area contributed by atoms with E-state index in [4.69, 9.17) is 39.5 Å². The van der Waals surface area contributed by atoms with Crippen LogP contribution >= 0.6 is 34.8 Å². The number of hydrogen-bond acceptors (Lipinski definition) is 2. The first-order valence-electron chi connectivity index (χ1n) is 6.39. The first-order chi connectivity index (χ1) is 9.47. The molecule has 0 radical (unpaired) electrons. The number of hydrogen-bond donors (Lipinski definition) is 2. The summed E-state index contributed by atoms with van der Waals surface area (Å²) in [5, 5.41) is 3.47. The summed E-state index contributed by atoms with van der Waals surface area (Å²) in [5.41, 5.74) is 0.304. The summed E-state index contributed by atoms with van der Waals surface area (Å²) < 4.78 is 5.10. The number of anilines is 1. The SMILES string of the molecule is CC[NH+](CC)CCOC(=O)Nc1c(Cl)cc(Cl)cc1Cl.[Cl-]. The standard InChI is InChI=1S/C13H17Cl3N2O2.ClH/c1-3-18(4-2)5-6-20-13(19)17-12-10(15)7-9(14)8-11(12)16;/h7-8H,3-6H2,1-2H3,(H,17,19);1H. The number of quaternary nitrogens is 1. The highest BCUT2D eigenvalue weighted by Crippen LogP contribution is 2.33. The Morgan fingerprint density at radius 3 is 2.19 bits per heavy atom. The number of carbonyl (C=O) groups is 1. The average Bonchev–Trinajstić information content (AvgIpc) is 2.39. The van der Waals surface area contributed by atoms with E-state index in [9.17, 15) is 4.79 Å². The van der Waals surface area contributed by atoms with Gasteiger partial charge in [0.05, 0.1) is 28.8 Å². The first kappa shape index (κ1) is 20.6. The molecule has 0 fully saturated rings. The van der Waals surface area contributed by atoms with Crippen LogP contribution in [0.15, 0.2) is 12.1 Å². The molecule has 120 valence electrons. The summed E-state index contributed by atoms with van der Waals surface area (Å²) in [7, 11) is 0. The van der Waals surface area contributed by atoms with Crippen molar-refractivity contribution in [1.82, 2.24) is 0 Å². The van der Waals surface area contributed by atoms with E-state index in [0.29, 0.717) is 17.3 Å². The predicted molar refractivity (Wildman–Crippen MR) is 83.4 cm³/mol. The van der Waals surface area contributed by atoms with Crippen LogP contribution in [0.3, 0.4) is 0 Å². The van der Waals surface area contributed by atoms with E-state index in [1.807, 2.05) is 0 Å². The van der Waals surface area contributed by atoms with Crippen molar-refractivity contribution < 1.29 is 26.8 Å².